The van der Waals surface area contributed by atoms with Gasteiger partial charge in [-0.05, 0) is 37.8 Å². The molecule has 19 heavy (non-hydrogen) atoms. The third-order valence-electron chi connectivity index (χ3n) is 5.13. The number of aryl methyl sites for hydroxylation is 1. The highest BCUT2D eigenvalue weighted by atomic mass is 16.2. The van der Waals surface area contributed by atoms with Crippen molar-refractivity contribution in [3.8, 4) is 0 Å². The van der Waals surface area contributed by atoms with Crippen LogP contribution in [0.3, 0.4) is 0 Å². The zero-order valence-electron chi connectivity index (χ0n) is 11.7. The molecule has 1 unspecified atom stereocenters. The van der Waals surface area contributed by atoms with Gasteiger partial charge in [-0.3, -0.25) is 4.79 Å². The number of rotatable bonds is 3. The van der Waals surface area contributed by atoms with Crippen LogP contribution in [-0.2, 0) is 18.4 Å². The molecule has 1 saturated heterocycles. The van der Waals surface area contributed by atoms with Gasteiger partial charge in [0.2, 0.25) is 5.91 Å². The number of imidazole rings is 1. The maximum Gasteiger partial charge on any atom is 0.226 e. The van der Waals surface area contributed by atoms with E-state index in [-0.39, 0.29) is 16.7 Å². The Hall–Kier alpha value is -1.36. The van der Waals surface area contributed by atoms with Gasteiger partial charge in [-0.15, -0.1) is 0 Å². The molecule has 1 amide bonds. The van der Waals surface area contributed by atoms with E-state index in [0.717, 1.165) is 38.2 Å². The third-order valence-corrected chi connectivity index (χ3v) is 5.13. The molecule has 1 saturated carbocycles. The van der Waals surface area contributed by atoms with Gasteiger partial charge in [-0.2, -0.15) is 0 Å². The number of carbonyl (C=O) groups excluding carboxylic acids is 1. The van der Waals surface area contributed by atoms with Crippen molar-refractivity contribution < 1.29 is 4.79 Å². The van der Waals surface area contributed by atoms with Crippen LogP contribution in [0.5, 0.6) is 0 Å². The van der Waals surface area contributed by atoms with Crippen LogP contribution in [0.25, 0.3) is 0 Å². The van der Waals surface area contributed by atoms with Crippen molar-refractivity contribution >= 4 is 5.91 Å². The zero-order valence-corrected chi connectivity index (χ0v) is 11.7. The molecule has 5 nitrogen and oxygen atoms in total. The molecule has 2 heterocycles. The summed E-state index contributed by atoms with van der Waals surface area (Å²) < 4.78 is 1.94. The molecule has 1 aliphatic carbocycles. The van der Waals surface area contributed by atoms with Gasteiger partial charge in [0.25, 0.3) is 0 Å². The molecule has 0 aromatic carbocycles. The van der Waals surface area contributed by atoms with Crippen molar-refractivity contribution in [2.75, 3.05) is 13.1 Å². The number of amides is 1. The van der Waals surface area contributed by atoms with Gasteiger partial charge in [0, 0.05) is 19.4 Å². The van der Waals surface area contributed by atoms with Gasteiger partial charge < -0.3 is 15.2 Å². The number of nitrogens with one attached hydrogen (secondary N) is 2. The average molecular weight is 262 g/mol. The summed E-state index contributed by atoms with van der Waals surface area (Å²) in [4.78, 5) is 16.7. The predicted octanol–water partition coefficient (Wildman–Crippen LogP) is 0.816. The highest BCUT2D eigenvalue weighted by molar-refractivity contribution is 5.86. The van der Waals surface area contributed by atoms with Crippen LogP contribution >= 0.6 is 0 Å². The van der Waals surface area contributed by atoms with E-state index in [0.29, 0.717) is 6.54 Å². The number of aromatic nitrogens is 2. The summed E-state index contributed by atoms with van der Waals surface area (Å²) in [5.74, 6) is 1.09. The minimum absolute atomic E-state index is 0.166. The van der Waals surface area contributed by atoms with Crippen LogP contribution in [0.15, 0.2) is 12.4 Å². The molecule has 1 aromatic heterocycles. The van der Waals surface area contributed by atoms with Gasteiger partial charge >= 0.3 is 0 Å². The largest absolute Gasteiger partial charge is 0.348 e. The zero-order chi connectivity index (χ0) is 13.5. The van der Waals surface area contributed by atoms with Gasteiger partial charge in [0.05, 0.1) is 12.0 Å². The molecule has 5 heteroatoms. The van der Waals surface area contributed by atoms with E-state index in [1.165, 1.54) is 0 Å². The lowest BCUT2D eigenvalue weighted by atomic mass is 9.85. The van der Waals surface area contributed by atoms with Crippen molar-refractivity contribution in [2.45, 2.75) is 32.7 Å². The summed E-state index contributed by atoms with van der Waals surface area (Å²) in [5, 5.41) is 6.43. The van der Waals surface area contributed by atoms with Crippen molar-refractivity contribution in [1.82, 2.24) is 20.2 Å². The Morgan fingerprint density at radius 2 is 2.26 bits per heavy atom. The van der Waals surface area contributed by atoms with Crippen LogP contribution in [0.2, 0.25) is 0 Å². The van der Waals surface area contributed by atoms with Crippen molar-refractivity contribution in [3.05, 3.63) is 18.2 Å². The lowest BCUT2D eigenvalue weighted by molar-refractivity contribution is -0.127. The lowest BCUT2D eigenvalue weighted by Gasteiger charge is -2.27. The van der Waals surface area contributed by atoms with Gasteiger partial charge in [0.15, 0.2) is 0 Å². The summed E-state index contributed by atoms with van der Waals surface area (Å²) in [7, 11) is 1.95. The summed E-state index contributed by atoms with van der Waals surface area (Å²) in [6.45, 7) is 4.73. The first-order valence-electron chi connectivity index (χ1n) is 7.03. The Kier molecular flexibility index (Phi) is 2.89. The molecule has 3 rings (SSSR count). The second kappa shape index (κ2) is 4.34. The number of nitrogens with zero attached hydrogens (tertiary/aromatic N) is 2. The maximum absolute atomic E-state index is 12.4. The number of hydrogen-bond donors (Lipinski definition) is 2. The molecule has 0 bridgehead atoms. The molecule has 104 valence electrons. The fourth-order valence-electron chi connectivity index (χ4n) is 3.51. The normalized spacial score (nSPS) is 28.3. The lowest BCUT2D eigenvalue weighted by Crippen LogP contribution is -2.38. The Balaban J connectivity index is 1.61. The summed E-state index contributed by atoms with van der Waals surface area (Å²) >= 11 is 0. The smallest absolute Gasteiger partial charge is 0.226 e. The second-order valence-corrected chi connectivity index (χ2v) is 6.18. The third kappa shape index (κ3) is 1.96. The number of piperidine rings is 1. The van der Waals surface area contributed by atoms with Crippen LogP contribution in [-0.4, -0.2) is 28.5 Å². The molecule has 2 aliphatic rings. The Bertz CT molecular complexity index is 489. The number of hydrogen-bond acceptors (Lipinski definition) is 3. The maximum atomic E-state index is 12.4. The van der Waals surface area contributed by atoms with Crippen molar-refractivity contribution in [3.63, 3.8) is 0 Å². The molecule has 1 atom stereocenters. The Morgan fingerprint density at radius 1 is 1.53 bits per heavy atom. The van der Waals surface area contributed by atoms with E-state index in [1.54, 1.807) is 6.20 Å². The molecular weight excluding hydrogens is 240 g/mol. The molecule has 1 aliphatic heterocycles. The molecule has 2 N–H and O–H groups in total. The predicted molar refractivity (Wildman–Crippen MR) is 72.3 cm³/mol. The molecule has 1 aromatic rings. The summed E-state index contributed by atoms with van der Waals surface area (Å²) in [6, 6.07) is 0. The Morgan fingerprint density at radius 3 is 2.89 bits per heavy atom. The fraction of sp³-hybridized carbons (Fsp3) is 0.714. The molecular formula is C14H22N4O. The van der Waals surface area contributed by atoms with Crippen molar-refractivity contribution in [1.29, 1.82) is 0 Å². The van der Waals surface area contributed by atoms with Crippen LogP contribution in [0, 0.1) is 10.8 Å². The standard InChI is InChI=1S/C14H22N4O/c1-13(10-14(13)3-5-15-6-4-14)12(19)17-9-11-16-7-8-18(11)2/h7-8,15H,3-6,9-10H2,1-2H3,(H,17,19). The van der Waals surface area contributed by atoms with Gasteiger partial charge in [0.1, 0.15) is 5.82 Å². The monoisotopic (exact) mass is 262 g/mol. The highest BCUT2D eigenvalue weighted by Crippen LogP contribution is 2.68. The number of carbonyl (C=O) groups is 1. The average Bonchev–Trinajstić information content (AvgIpc) is 2.78. The van der Waals surface area contributed by atoms with Gasteiger partial charge in [-0.25, -0.2) is 4.98 Å². The van der Waals surface area contributed by atoms with E-state index in [4.69, 9.17) is 0 Å². The molecule has 2 fully saturated rings. The summed E-state index contributed by atoms with van der Waals surface area (Å²) in [6.07, 6.45) is 6.94. The van der Waals surface area contributed by atoms with E-state index in [2.05, 4.69) is 22.5 Å². The second-order valence-electron chi connectivity index (χ2n) is 6.18. The fourth-order valence-corrected chi connectivity index (χ4v) is 3.51. The summed E-state index contributed by atoms with van der Waals surface area (Å²) in [5.41, 5.74) is 0.0875. The first-order valence-corrected chi connectivity index (χ1v) is 7.03. The topological polar surface area (TPSA) is 59.0 Å². The van der Waals surface area contributed by atoms with E-state index < -0.39 is 0 Å². The van der Waals surface area contributed by atoms with Crippen LogP contribution < -0.4 is 10.6 Å². The minimum Gasteiger partial charge on any atom is -0.348 e. The van der Waals surface area contributed by atoms with Gasteiger partial charge in [-0.1, -0.05) is 6.92 Å². The van der Waals surface area contributed by atoms with E-state index in [9.17, 15) is 4.79 Å². The van der Waals surface area contributed by atoms with Crippen molar-refractivity contribution in [2.24, 2.45) is 17.9 Å². The highest BCUT2D eigenvalue weighted by Gasteiger charge is 2.67. The minimum atomic E-state index is -0.166. The van der Waals surface area contributed by atoms with E-state index in [1.807, 2.05) is 17.8 Å². The van der Waals surface area contributed by atoms with E-state index >= 15 is 0 Å². The SMILES string of the molecule is Cn1ccnc1CNC(=O)C1(C)CC12CCNCC2. The molecule has 1 spiro atoms. The first kappa shape index (κ1) is 12.7. The molecule has 0 radical (unpaired) electrons. The quantitative estimate of drug-likeness (QED) is 0.848. The van der Waals surface area contributed by atoms with Crippen LogP contribution in [0.1, 0.15) is 32.0 Å². The Labute approximate surface area is 113 Å². The van der Waals surface area contributed by atoms with Crippen LogP contribution in [0.4, 0.5) is 0 Å². The first-order chi connectivity index (χ1) is 9.07.